The molecule has 7 heteroatoms. The molecule has 0 heterocycles. The van der Waals surface area contributed by atoms with Crippen LogP contribution in [0, 0.1) is 6.92 Å². The van der Waals surface area contributed by atoms with Crippen LogP contribution < -0.4 is 15.8 Å². The van der Waals surface area contributed by atoms with Crippen LogP contribution in [0.2, 0.25) is 0 Å². The van der Waals surface area contributed by atoms with Crippen LogP contribution in [0.3, 0.4) is 0 Å². The van der Waals surface area contributed by atoms with E-state index in [4.69, 9.17) is 10.5 Å². The molecule has 0 saturated heterocycles. The van der Waals surface area contributed by atoms with Crippen LogP contribution in [-0.2, 0) is 17.6 Å². The van der Waals surface area contributed by atoms with Crippen molar-refractivity contribution in [2.75, 3.05) is 0 Å². The van der Waals surface area contributed by atoms with Crippen LogP contribution in [0.25, 0.3) is 5.70 Å². The minimum atomic E-state index is -4.37. The van der Waals surface area contributed by atoms with Gasteiger partial charge in [-0.15, -0.1) is 5.73 Å². The Kier molecular flexibility index (Phi) is 6.33. The first kappa shape index (κ1) is 21.3. The third-order valence-corrected chi connectivity index (χ3v) is 4.69. The summed E-state index contributed by atoms with van der Waals surface area (Å²) in [5.41, 5.74) is 11.2. The van der Waals surface area contributed by atoms with Crippen molar-refractivity contribution in [2.24, 2.45) is 5.73 Å². The van der Waals surface area contributed by atoms with Crippen LogP contribution in [0.5, 0.6) is 5.75 Å². The number of rotatable bonds is 6. The van der Waals surface area contributed by atoms with Crippen LogP contribution in [-0.4, -0.2) is 5.91 Å². The number of carbonyl (C=O) groups excluding carboxylic acids is 1. The van der Waals surface area contributed by atoms with Gasteiger partial charge in [-0.25, -0.2) is 0 Å². The average Bonchev–Trinajstić information content (AvgIpc) is 3.26. The fourth-order valence-electron chi connectivity index (χ4n) is 3.00. The number of hydrogen-bond acceptors (Lipinski definition) is 3. The number of nitrogens with two attached hydrogens (primary N) is 1. The molecule has 0 radical (unpaired) electrons. The predicted octanol–water partition coefficient (Wildman–Crippen LogP) is 5.33. The highest BCUT2D eigenvalue weighted by molar-refractivity contribution is 5.99. The van der Waals surface area contributed by atoms with E-state index >= 15 is 0 Å². The molecule has 1 aliphatic carbocycles. The molecule has 0 spiro atoms. The smallest absolute Gasteiger partial charge is 0.416 e. The van der Waals surface area contributed by atoms with Crippen molar-refractivity contribution in [3.05, 3.63) is 88.3 Å². The third-order valence-electron chi connectivity index (χ3n) is 4.69. The Bertz CT molecular complexity index is 1040. The van der Waals surface area contributed by atoms with E-state index in [1.54, 1.807) is 12.1 Å². The SMILES string of the molecule is Cc1ccc(OCc2ccc(C(F)(F)F)cc2)cc1/C(=C\N)NC(=O)C1=C=CCC1.[HH].[HH]. The summed E-state index contributed by atoms with van der Waals surface area (Å²) in [6.07, 6.45) is 0.196. The lowest BCUT2D eigenvalue weighted by Gasteiger charge is -2.15. The standard InChI is InChI=1S/C23H21F3N2O2.2H2/c1-15-6-11-19(30-14-16-7-9-18(10-8-16)23(24,25)26)12-20(15)21(13-27)28-22(29)17-4-2-3-5-17;;/h2,6-13H,3,5,14,27H2,1H3,(H,28,29);2*1H/b21-13+;;. The summed E-state index contributed by atoms with van der Waals surface area (Å²) in [6, 6.07) is 10.1. The highest BCUT2D eigenvalue weighted by atomic mass is 19.4. The number of alkyl halides is 3. The summed E-state index contributed by atoms with van der Waals surface area (Å²) in [5.74, 6) is 0.250. The van der Waals surface area contributed by atoms with Crippen LogP contribution in [0.4, 0.5) is 13.2 Å². The zero-order valence-corrected chi connectivity index (χ0v) is 16.3. The summed E-state index contributed by atoms with van der Waals surface area (Å²) >= 11 is 0. The van der Waals surface area contributed by atoms with Gasteiger partial charge >= 0.3 is 6.18 Å². The lowest BCUT2D eigenvalue weighted by molar-refractivity contribution is -0.137. The minimum Gasteiger partial charge on any atom is -0.489 e. The van der Waals surface area contributed by atoms with Gasteiger partial charge in [0, 0.05) is 14.6 Å². The van der Waals surface area contributed by atoms with Gasteiger partial charge in [-0.1, -0.05) is 18.2 Å². The Morgan fingerprint density at radius 3 is 2.60 bits per heavy atom. The summed E-state index contributed by atoms with van der Waals surface area (Å²) in [5, 5.41) is 2.80. The van der Waals surface area contributed by atoms with Gasteiger partial charge in [0.2, 0.25) is 0 Å². The van der Waals surface area contributed by atoms with Crippen LogP contribution >= 0.6 is 0 Å². The summed E-state index contributed by atoms with van der Waals surface area (Å²) in [4.78, 5) is 12.4. The lowest BCUT2D eigenvalue weighted by Crippen LogP contribution is -2.24. The van der Waals surface area contributed by atoms with Crippen molar-refractivity contribution in [3.63, 3.8) is 0 Å². The van der Waals surface area contributed by atoms with Crippen molar-refractivity contribution in [2.45, 2.75) is 32.5 Å². The largest absolute Gasteiger partial charge is 0.489 e. The number of nitrogens with one attached hydrogen (secondary N) is 1. The fraction of sp³-hybridized carbons (Fsp3) is 0.217. The second-order valence-electron chi connectivity index (χ2n) is 6.86. The average molecular weight is 418 g/mol. The molecule has 4 nitrogen and oxygen atoms in total. The summed E-state index contributed by atoms with van der Waals surface area (Å²) in [7, 11) is 0. The van der Waals surface area contributed by atoms with Gasteiger partial charge < -0.3 is 15.8 Å². The maximum absolute atomic E-state index is 12.7. The van der Waals surface area contributed by atoms with E-state index in [2.05, 4.69) is 11.0 Å². The first-order chi connectivity index (χ1) is 14.3. The molecule has 0 aliphatic heterocycles. The lowest BCUT2D eigenvalue weighted by atomic mass is 10.0. The van der Waals surface area contributed by atoms with E-state index in [0.29, 0.717) is 34.6 Å². The molecule has 0 fully saturated rings. The Labute approximate surface area is 175 Å². The molecule has 2 aromatic rings. The van der Waals surface area contributed by atoms with Crippen molar-refractivity contribution in [1.29, 1.82) is 0 Å². The van der Waals surface area contributed by atoms with Gasteiger partial charge in [-0.2, -0.15) is 13.2 Å². The zero-order chi connectivity index (χ0) is 21.7. The molecule has 1 aliphatic rings. The van der Waals surface area contributed by atoms with Crippen molar-refractivity contribution in [3.8, 4) is 5.75 Å². The number of amides is 1. The number of benzene rings is 2. The Morgan fingerprint density at radius 2 is 2.00 bits per heavy atom. The molecule has 3 rings (SSSR count). The topological polar surface area (TPSA) is 64.3 Å². The molecule has 0 unspecified atom stereocenters. The van der Waals surface area contributed by atoms with Gasteiger partial charge in [0.05, 0.1) is 16.8 Å². The number of halogens is 3. The van der Waals surface area contributed by atoms with E-state index in [1.807, 2.05) is 19.1 Å². The molecule has 3 N–H and O–H groups in total. The number of carbonyl (C=O) groups is 1. The molecule has 0 saturated carbocycles. The van der Waals surface area contributed by atoms with Gasteiger partial charge in [-0.3, -0.25) is 4.79 Å². The van der Waals surface area contributed by atoms with Crippen LogP contribution in [0.1, 0.15) is 37.9 Å². The summed E-state index contributed by atoms with van der Waals surface area (Å²) in [6.45, 7) is 1.98. The molecule has 0 atom stereocenters. The van der Waals surface area contributed by atoms with Crippen molar-refractivity contribution < 1.29 is 25.6 Å². The van der Waals surface area contributed by atoms with Gasteiger partial charge in [0.25, 0.3) is 5.91 Å². The molecule has 0 bridgehead atoms. The van der Waals surface area contributed by atoms with E-state index in [9.17, 15) is 18.0 Å². The van der Waals surface area contributed by atoms with Gasteiger partial charge in [0.1, 0.15) is 12.4 Å². The fourth-order valence-corrected chi connectivity index (χ4v) is 3.00. The molecule has 0 aromatic heterocycles. The second kappa shape index (κ2) is 8.93. The van der Waals surface area contributed by atoms with E-state index in [-0.39, 0.29) is 15.4 Å². The summed E-state index contributed by atoms with van der Waals surface area (Å²) < 4.78 is 43.7. The van der Waals surface area contributed by atoms with Gasteiger partial charge in [-0.05, 0) is 61.2 Å². The first-order valence-corrected chi connectivity index (χ1v) is 9.35. The van der Waals surface area contributed by atoms with E-state index < -0.39 is 11.7 Å². The number of aryl methyl sites for hydroxylation is 1. The Hall–Kier alpha value is -3.44. The maximum Gasteiger partial charge on any atom is 0.416 e. The van der Waals surface area contributed by atoms with E-state index in [0.717, 1.165) is 24.1 Å². The third kappa shape index (κ3) is 5.13. The van der Waals surface area contributed by atoms with E-state index in [1.165, 1.54) is 18.3 Å². The molecule has 2 aromatic carbocycles. The van der Waals surface area contributed by atoms with Crippen molar-refractivity contribution in [1.82, 2.24) is 5.32 Å². The maximum atomic E-state index is 12.7. The highest BCUT2D eigenvalue weighted by Crippen LogP contribution is 2.29. The normalized spacial score (nSPS) is 13.9. The zero-order valence-electron chi connectivity index (χ0n) is 16.3. The molecular weight excluding hydrogens is 393 g/mol. The monoisotopic (exact) mass is 418 g/mol. The Morgan fingerprint density at radius 1 is 1.27 bits per heavy atom. The second-order valence-corrected chi connectivity index (χ2v) is 6.86. The molecule has 30 heavy (non-hydrogen) atoms. The quantitative estimate of drug-likeness (QED) is 0.623. The molecule has 1 amide bonds. The number of hydrogen-bond donors (Lipinski definition) is 2. The van der Waals surface area contributed by atoms with Crippen molar-refractivity contribution >= 4 is 11.6 Å². The molecule has 160 valence electrons. The molecular formula is C23H25F3N2O2. The Balaban J connectivity index is 0.00000256. The highest BCUT2D eigenvalue weighted by Gasteiger charge is 2.29. The predicted molar refractivity (Wildman–Crippen MR) is 112 cm³/mol. The first-order valence-electron chi connectivity index (χ1n) is 9.35. The van der Waals surface area contributed by atoms with Gasteiger partial charge in [0.15, 0.2) is 0 Å². The number of ether oxygens (including phenoxy) is 1. The minimum absolute atomic E-state index is 0. The van der Waals surface area contributed by atoms with Crippen LogP contribution in [0.15, 0.2) is 66.0 Å².